The van der Waals surface area contributed by atoms with Crippen molar-refractivity contribution in [2.75, 3.05) is 5.32 Å². The largest absolute Gasteiger partial charge is 0.434 e. The minimum atomic E-state index is -4.60. The van der Waals surface area contributed by atoms with Crippen LogP contribution >= 0.6 is 22.9 Å². The number of aromatic nitrogens is 1. The fraction of sp³-hybridized carbons (Fsp3) is 0.0833. The average Bonchev–Trinajstić information content (AvgIpc) is 2.87. The van der Waals surface area contributed by atoms with Gasteiger partial charge < -0.3 is 0 Å². The number of carbonyl (C=O) groups is 2. The van der Waals surface area contributed by atoms with Gasteiger partial charge in [-0.15, -0.1) is 11.3 Å². The minimum Gasteiger partial charge on any atom is -0.283 e. The molecule has 1 aromatic heterocycles. The molecule has 0 saturated heterocycles. The SMILES string of the molecule is O=C(NC(=O)c1ccccc1Cl)Nc1nc(C(F)(F)F)cs1. The van der Waals surface area contributed by atoms with Gasteiger partial charge >= 0.3 is 12.2 Å². The lowest BCUT2D eigenvalue weighted by molar-refractivity contribution is -0.140. The third-order valence-electron chi connectivity index (χ3n) is 2.36. The van der Waals surface area contributed by atoms with E-state index in [4.69, 9.17) is 11.6 Å². The van der Waals surface area contributed by atoms with E-state index in [2.05, 4.69) is 4.98 Å². The van der Waals surface area contributed by atoms with Crippen LogP contribution < -0.4 is 10.6 Å². The Morgan fingerprint density at radius 3 is 2.50 bits per heavy atom. The van der Waals surface area contributed by atoms with E-state index >= 15 is 0 Å². The first-order chi connectivity index (χ1) is 10.3. The molecule has 10 heteroatoms. The molecule has 1 aromatic carbocycles. The number of nitrogens with zero attached hydrogens (tertiary/aromatic N) is 1. The topological polar surface area (TPSA) is 71.1 Å². The monoisotopic (exact) mass is 349 g/mol. The second-order valence-electron chi connectivity index (χ2n) is 3.92. The zero-order valence-corrected chi connectivity index (χ0v) is 12.1. The summed E-state index contributed by atoms with van der Waals surface area (Å²) in [4.78, 5) is 26.5. The number of imide groups is 1. The van der Waals surface area contributed by atoms with Gasteiger partial charge in [0.05, 0.1) is 10.6 Å². The van der Waals surface area contributed by atoms with E-state index in [0.717, 1.165) is 5.38 Å². The van der Waals surface area contributed by atoms with Gasteiger partial charge in [0, 0.05) is 5.38 Å². The maximum Gasteiger partial charge on any atom is 0.434 e. The van der Waals surface area contributed by atoms with Crippen molar-refractivity contribution in [3.8, 4) is 0 Å². The van der Waals surface area contributed by atoms with E-state index in [1.807, 2.05) is 10.6 Å². The molecule has 3 amide bonds. The van der Waals surface area contributed by atoms with Gasteiger partial charge in [-0.05, 0) is 12.1 Å². The lowest BCUT2D eigenvalue weighted by Crippen LogP contribution is -2.34. The van der Waals surface area contributed by atoms with E-state index < -0.39 is 23.8 Å². The van der Waals surface area contributed by atoms with E-state index in [9.17, 15) is 22.8 Å². The van der Waals surface area contributed by atoms with Crippen LogP contribution in [0.5, 0.6) is 0 Å². The van der Waals surface area contributed by atoms with E-state index in [1.165, 1.54) is 12.1 Å². The van der Waals surface area contributed by atoms with Crippen LogP contribution in [-0.4, -0.2) is 16.9 Å². The summed E-state index contributed by atoms with van der Waals surface area (Å²) in [7, 11) is 0. The molecule has 0 spiro atoms. The van der Waals surface area contributed by atoms with Crippen LogP contribution in [0.1, 0.15) is 16.1 Å². The van der Waals surface area contributed by atoms with Crippen molar-refractivity contribution < 1.29 is 22.8 Å². The molecular weight excluding hydrogens is 343 g/mol. The summed E-state index contributed by atoms with van der Waals surface area (Å²) in [6.45, 7) is 0. The molecule has 116 valence electrons. The van der Waals surface area contributed by atoms with Gasteiger partial charge in [-0.3, -0.25) is 15.4 Å². The Bertz CT molecular complexity index is 718. The molecule has 0 aliphatic heterocycles. The average molecular weight is 350 g/mol. The second-order valence-corrected chi connectivity index (χ2v) is 5.19. The van der Waals surface area contributed by atoms with Crippen LogP contribution in [0.4, 0.5) is 23.1 Å². The molecular formula is C12H7ClF3N3O2S. The highest BCUT2D eigenvalue weighted by Crippen LogP contribution is 2.31. The van der Waals surface area contributed by atoms with Crippen molar-refractivity contribution >= 4 is 40.0 Å². The van der Waals surface area contributed by atoms with E-state index in [-0.39, 0.29) is 15.7 Å². The van der Waals surface area contributed by atoms with Crippen LogP contribution in [0.3, 0.4) is 0 Å². The number of benzene rings is 1. The number of urea groups is 1. The minimum absolute atomic E-state index is 0.0643. The molecule has 0 unspecified atom stereocenters. The number of thiazole rings is 1. The van der Waals surface area contributed by atoms with Crippen LogP contribution in [0.2, 0.25) is 5.02 Å². The quantitative estimate of drug-likeness (QED) is 0.866. The van der Waals surface area contributed by atoms with Crippen LogP contribution in [0, 0.1) is 0 Å². The normalized spacial score (nSPS) is 11.1. The molecule has 0 aliphatic rings. The van der Waals surface area contributed by atoms with Crippen LogP contribution in [0.15, 0.2) is 29.6 Å². The first-order valence-electron chi connectivity index (χ1n) is 5.67. The standard InChI is InChI=1S/C12H7ClF3N3O2S/c13-7-4-2-1-3-6(7)9(20)18-10(21)19-11-17-8(5-22-11)12(14,15)16/h1-5H,(H2,17,18,19,20,21). The molecule has 0 bridgehead atoms. The summed E-state index contributed by atoms with van der Waals surface area (Å²) in [6.07, 6.45) is -4.60. The Hall–Kier alpha value is -2.13. The number of alkyl halides is 3. The highest BCUT2D eigenvalue weighted by atomic mass is 35.5. The number of hydrogen-bond acceptors (Lipinski definition) is 4. The maximum absolute atomic E-state index is 12.4. The molecule has 0 fully saturated rings. The van der Waals surface area contributed by atoms with Crippen LogP contribution in [0.25, 0.3) is 0 Å². The zero-order valence-electron chi connectivity index (χ0n) is 10.6. The van der Waals surface area contributed by atoms with Gasteiger partial charge in [0.2, 0.25) is 0 Å². The van der Waals surface area contributed by atoms with Gasteiger partial charge in [0.1, 0.15) is 0 Å². The van der Waals surface area contributed by atoms with E-state index in [1.54, 1.807) is 12.1 Å². The maximum atomic E-state index is 12.4. The first kappa shape index (κ1) is 16.2. The summed E-state index contributed by atoms with van der Waals surface area (Å²) in [5, 5.41) is 4.61. The lowest BCUT2D eigenvalue weighted by atomic mass is 10.2. The van der Waals surface area contributed by atoms with Gasteiger partial charge in [0.25, 0.3) is 5.91 Å². The van der Waals surface area contributed by atoms with Gasteiger partial charge in [-0.2, -0.15) is 13.2 Å². The van der Waals surface area contributed by atoms with Crippen molar-refractivity contribution in [2.45, 2.75) is 6.18 Å². The molecule has 22 heavy (non-hydrogen) atoms. The number of anilines is 1. The molecule has 0 aliphatic carbocycles. The van der Waals surface area contributed by atoms with Gasteiger partial charge in [0.15, 0.2) is 10.8 Å². The highest BCUT2D eigenvalue weighted by molar-refractivity contribution is 7.13. The highest BCUT2D eigenvalue weighted by Gasteiger charge is 2.33. The predicted molar refractivity (Wildman–Crippen MR) is 75.1 cm³/mol. The molecule has 0 atom stereocenters. The first-order valence-corrected chi connectivity index (χ1v) is 6.92. The number of rotatable bonds is 2. The molecule has 1 heterocycles. The predicted octanol–water partition coefficient (Wildman–Crippen LogP) is 3.78. The fourth-order valence-corrected chi connectivity index (χ4v) is 2.34. The zero-order chi connectivity index (χ0) is 16.3. The molecule has 5 nitrogen and oxygen atoms in total. The lowest BCUT2D eigenvalue weighted by Gasteiger charge is -2.05. The Morgan fingerprint density at radius 2 is 1.91 bits per heavy atom. The number of nitrogens with one attached hydrogen (secondary N) is 2. The fourth-order valence-electron chi connectivity index (χ4n) is 1.41. The molecule has 0 saturated carbocycles. The van der Waals surface area contributed by atoms with Crippen molar-refractivity contribution in [3.05, 3.63) is 45.9 Å². The Morgan fingerprint density at radius 1 is 1.23 bits per heavy atom. The smallest absolute Gasteiger partial charge is 0.283 e. The molecule has 2 rings (SSSR count). The van der Waals surface area contributed by atoms with Crippen molar-refractivity contribution in [1.82, 2.24) is 10.3 Å². The number of hydrogen-bond donors (Lipinski definition) is 2. The number of carbonyl (C=O) groups excluding carboxylic acids is 2. The number of amides is 3. The Kier molecular flexibility index (Phi) is 4.67. The summed E-state index contributed by atoms with van der Waals surface area (Å²) in [5.74, 6) is -0.782. The summed E-state index contributed by atoms with van der Waals surface area (Å²) in [5.41, 5.74) is -1.06. The third-order valence-corrected chi connectivity index (χ3v) is 3.45. The van der Waals surface area contributed by atoms with Crippen molar-refractivity contribution in [3.63, 3.8) is 0 Å². The van der Waals surface area contributed by atoms with Gasteiger partial charge in [-0.1, -0.05) is 23.7 Å². The molecule has 2 aromatic rings. The summed E-state index contributed by atoms with van der Waals surface area (Å²) >= 11 is 6.38. The Balaban J connectivity index is 2.00. The number of halogens is 4. The second kappa shape index (κ2) is 6.32. The molecule has 2 N–H and O–H groups in total. The van der Waals surface area contributed by atoms with Crippen LogP contribution in [-0.2, 0) is 6.18 Å². The summed E-state index contributed by atoms with van der Waals surface area (Å²) in [6, 6.07) is 5.01. The van der Waals surface area contributed by atoms with Gasteiger partial charge in [-0.25, -0.2) is 9.78 Å². The van der Waals surface area contributed by atoms with E-state index in [0.29, 0.717) is 11.3 Å². The molecule has 0 radical (unpaired) electrons. The van der Waals surface area contributed by atoms with Crippen molar-refractivity contribution in [1.29, 1.82) is 0 Å². The third kappa shape index (κ3) is 3.95. The summed E-state index contributed by atoms with van der Waals surface area (Å²) < 4.78 is 37.1. The van der Waals surface area contributed by atoms with Crippen molar-refractivity contribution in [2.24, 2.45) is 0 Å². The Labute approximate surface area is 131 Å².